The summed E-state index contributed by atoms with van der Waals surface area (Å²) in [5, 5.41) is 5.19. The van der Waals surface area contributed by atoms with Gasteiger partial charge in [-0.05, 0) is 36.6 Å². The highest BCUT2D eigenvalue weighted by Gasteiger charge is 2.28. The minimum absolute atomic E-state index is 0.0464. The molecule has 124 valence electrons. The Morgan fingerprint density at radius 1 is 1.43 bits per heavy atom. The molecule has 5 heteroatoms. The maximum atomic E-state index is 12.4. The third kappa shape index (κ3) is 3.66. The fraction of sp³-hybridized carbons (Fsp3) is 0.556. The van der Waals surface area contributed by atoms with Crippen molar-refractivity contribution in [2.75, 3.05) is 0 Å². The lowest BCUT2D eigenvalue weighted by Crippen LogP contribution is -2.44. The van der Waals surface area contributed by atoms with Crippen LogP contribution >= 0.6 is 11.3 Å². The van der Waals surface area contributed by atoms with Crippen molar-refractivity contribution in [1.29, 1.82) is 0 Å². The summed E-state index contributed by atoms with van der Waals surface area (Å²) in [6.45, 7) is 6.39. The molecular weight excluding hydrogens is 308 g/mol. The fourth-order valence-electron chi connectivity index (χ4n) is 3.29. The molecule has 2 aromatic rings. The van der Waals surface area contributed by atoms with Crippen molar-refractivity contribution in [2.24, 2.45) is 11.8 Å². The minimum Gasteiger partial charge on any atom is -0.440 e. The average molecular weight is 332 g/mol. The standard InChI is InChI=1S/C18H24N2O2S/c1-11-6-4-7-14(12(11)2)19-17(21)10-15-13(3)22-18(20-15)16-8-5-9-23-16/h5,8-9,11-12,14H,4,6-7,10H2,1-3H3,(H,19,21). The Balaban J connectivity index is 1.64. The lowest BCUT2D eigenvalue weighted by molar-refractivity contribution is -0.121. The monoisotopic (exact) mass is 332 g/mol. The van der Waals surface area contributed by atoms with Gasteiger partial charge in [0.25, 0.3) is 0 Å². The van der Waals surface area contributed by atoms with Crippen LogP contribution in [-0.2, 0) is 11.2 Å². The van der Waals surface area contributed by atoms with E-state index in [0.717, 1.165) is 22.8 Å². The molecule has 0 bridgehead atoms. The Morgan fingerprint density at radius 2 is 2.26 bits per heavy atom. The van der Waals surface area contributed by atoms with Gasteiger partial charge in [-0.25, -0.2) is 4.98 Å². The Morgan fingerprint density at radius 3 is 3.00 bits per heavy atom. The van der Waals surface area contributed by atoms with Crippen LogP contribution in [0.1, 0.15) is 44.6 Å². The number of aryl methyl sites for hydroxylation is 1. The van der Waals surface area contributed by atoms with Crippen molar-refractivity contribution in [3.05, 3.63) is 29.0 Å². The van der Waals surface area contributed by atoms with Crippen molar-refractivity contribution in [3.63, 3.8) is 0 Å². The second kappa shape index (κ2) is 6.87. The number of nitrogens with zero attached hydrogens (tertiary/aromatic N) is 1. The van der Waals surface area contributed by atoms with Gasteiger partial charge in [-0.15, -0.1) is 11.3 Å². The van der Waals surface area contributed by atoms with Gasteiger partial charge in [-0.2, -0.15) is 0 Å². The van der Waals surface area contributed by atoms with Gasteiger partial charge in [0, 0.05) is 6.04 Å². The molecule has 0 spiro atoms. The first-order chi connectivity index (χ1) is 11.0. The number of aromatic nitrogens is 1. The predicted molar refractivity (Wildman–Crippen MR) is 92.4 cm³/mol. The van der Waals surface area contributed by atoms with Crippen molar-refractivity contribution in [3.8, 4) is 10.8 Å². The van der Waals surface area contributed by atoms with E-state index in [1.165, 1.54) is 12.8 Å². The van der Waals surface area contributed by atoms with E-state index in [2.05, 4.69) is 24.1 Å². The number of nitrogens with one attached hydrogen (secondary N) is 1. The number of hydrogen-bond donors (Lipinski definition) is 1. The molecule has 0 saturated heterocycles. The molecule has 1 N–H and O–H groups in total. The molecule has 1 fully saturated rings. The van der Waals surface area contributed by atoms with E-state index in [1.54, 1.807) is 11.3 Å². The van der Waals surface area contributed by atoms with Crippen molar-refractivity contribution in [1.82, 2.24) is 10.3 Å². The molecule has 3 unspecified atom stereocenters. The first-order valence-electron chi connectivity index (χ1n) is 8.34. The summed E-state index contributed by atoms with van der Waals surface area (Å²) in [7, 11) is 0. The first-order valence-corrected chi connectivity index (χ1v) is 9.22. The number of rotatable bonds is 4. The number of carbonyl (C=O) groups excluding carboxylic acids is 1. The molecular formula is C18H24N2O2S. The summed E-state index contributed by atoms with van der Waals surface area (Å²) in [4.78, 5) is 17.9. The third-order valence-corrected chi connectivity index (χ3v) is 5.86. The van der Waals surface area contributed by atoms with Crippen molar-refractivity contribution >= 4 is 17.2 Å². The zero-order valence-corrected chi connectivity index (χ0v) is 14.8. The van der Waals surface area contributed by atoms with Gasteiger partial charge < -0.3 is 9.73 Å². The van der Waals surface area contributed by atoms with Crippen LogP contribution in [0.5, 0.6) is 0 Å². The number of amides is 1. The van der Waals surface area contributed by atoms with Crippen LogP contribution in [0.3, 0.4) is 0 Å². The highest BCUT2D eigenvalue weighted by Crippen LogP contribution is 2.30. The summed E-state index contributed by atoms with van der Waals surface area (Å²) >= 11 is 1.59. The molecule has 3 rings (SSSR count). The molecule has 0 aromatic carbocycles. The summed E-state index contributed by atoms with van der Waals surface area (Å²) in [5.74, 6) is 2.60. The van der Waals surface area contributed by atoms with E-state index in [1.807, 2.05) is 24.4 Å². The molecule has 0 aliphatic heterocycles. The normalized spacial score (nSPS) is 24.6. The van der Waals surface area contributed by atoms with Gasteiger partial charge in [-0.3, -0.25) is 4.79 Å². The fourth-order valence-corrected chi connectivity index (χ4v) is 3.94. The van der Waals surface area contributed by atoms with Gasteiger partial charge in [0.05, 0.1) is 17.0 Å². The largest absolute Gasteiger partial charge is 0.440 e. The molecule has 2 aromatic heterocycles. The van der Waals surface area contributed by atoms with Crippen LogP contribution in [0, 0.1) is 18.8 Å². The average Bonchev–Trinajstić information content (AvgIpc) is 3.14. The van der Waals surface area contributed by atoms with Gasteiger partial charge in [0.1, 0.15) is 5.76 Å². The Hall–Kier alpha value is -1.62. The topological polar surface area (TPSA) is 55.1 Å². The quantitative estimate of drug-likeness (QED) is 0.913. The van der Waals surface area contributed by atoms with E-state index in [-0.39, 0.29) is 18.4 Å². The van der Waals surface area contributed by atoms with Gasteiger partial charge in [0.15, 0.2) is 0 Å². The van der Waals surface area contributed by atoms with Crippen LogP contribution in [-0.4, -0.2) is 16.9 Å². The van der Waals surface area contributed by atoms with E-state index >= 15 is 0 Å². The summed E-state index contributed by atoms with van der Waals surface area (Å²) in [6, 6.07) is 4.23. The molecule has 1 aliphatic carbocycles. The van der Waals surface area contributed by atoms with Crippen LogP contribution in [0.25, 0.3) is 10.8 Å². The van der Waals surface area contributed by atoms with E-state index in [9.17, 15) is 4.79 Å². The van der Waals surface area contributed by atoms with Crippen molar-refractivity contribution < 1.29 is 9.21 Å². The zero-order valence-electron chi connectivity index (χ0n) is 14.0. The molecule has 2 heterocycles. The molecule has 4 nitrogen and oxygen atoms in total. The maximum absolute atomic E-state index is 12.4. The Labute approximate surface area is 141 Å². The molecule has 1 saturated carbocycles. The van der Waals surface area contributed by atoms with Gasteiger partial charge >= 0.3 is 0 Å². The minimum atomic E-state index is 0.0464. The molecule has 23 heavy (non-hydrogen) atoms. The highest BCUT2D eigenvalue weighted by molar-refractivity contribution is 7.13. The van der Waals surface area contributed by atoms with Crippen LogP contribution in [0.2, 0.25) is 0 Å². The summed E-state index contributed by atoms with van der Waals surface area (Å²) < 4.78 is 5.71. The van der Waals surface area contributed by atoms with E-state index in [4.69, 9.17) is 4.42 Å². The predicted octanol–water partition coefficient (Wildman–Crippen LogP) is 4.19. The SMILES string of the molecule is Cc1oc(-c2cccs2)nc1CC(=O)NC1CCCC(C)C1C. The number of thiophene rings is 1. The number of hydrogen-bond acceptors (Lipinski definition) is 4. The van der Waals surface area contributed by atoms with E-state index in [0.29, 0.717) is 17.7 Å². The number of oxazole rings is 1. The van der Waals surface area contributed by atoms with Crippen LogP contribution in [0.15, 0.2) is 21.9 Å². The Bertz CT molecular complexity index is 663. The summed E-state index contributed by atoms with van der Waals surface area (Å²) in [5.41, 5.74) is 0.738. The first kappa shape index (κ1) is 16.2. The lowest BCUT2D eigenvalue weighted by Gasteiger charge is -2.34. The lowest BCUT2D eigenvalue weighted by atomic mass is 9.78. The summed E-state index contributed by atoms with van der Waals surface area (Å²) in [6.07, 6.45) is 3.83. The van der Waals surface area contributed by atoms with Crippen LogP contribution < -0.4 is 5.32 Å². The molecule has 1 aliphatic rings. The van der Waals surface area contributed by atoms with E-state index < -0.39 is 0 Å². The zero-order chi connectivity index (χ0) is 16.4. The smallest absolute Gasteiger partial charge is 0.236 e. The highest BCUT2D eigenvalue weighted by atomic mass is 32.1. The van der Waals surface area contributed by atoms with Gasteiger partial charge in [0.2, 0.25) is 11.8 Å². The molecule has 0 radical (unpaired) electrons. The maximum Gasteiger partial charge on any atom is 0.236 e. The second-order valence-electron chi connectivity index (χ2n) is 6.62. The van der Waals surface area contributed by atoms with Crippen LogP contribution in [0.4, 0.5) is 0 Å². The van der Waals surface area contributed by atoms with Gasteiger partial charge in [-0.1, -0.05) is 32.8 Å². The Kier molecular flexibility index (Phi) is 4.85. The number of carbonyl (C=O) groups is 1. The third-order valence-electron chi connectivity index (χ3n) is 5.01. The molecule has 1 amide bonds. The van der Waals surface area contributed by atoms with Crippen molar-refractivity contribution in [2.45, 2.75) is 52.5 Å². The second-order valence-corrected chi connectivity index (χ2v) is 7.56. The molecule has 3 atom stereocenters.